The zero-order valence-corrected chi connectivity index (χ0v) is 15.3. The van der Waals surface area contributed by atoms with Crippen molar-refractivity contribution < 1.29 is 18.4 Å². The Hall–Kier alpha value is -3.29. The highest BCUT2D eigenvalue weighted by molar-refractivity contribution is 5.93. The van der Waals surface area contributed by atoms with Crippen molar-refractivity contribution in [2.75, 3.05) is 0 Å². The van der Waals surface area contributed by atoms with Crippen LogP contribution in [0.5, 0.6) is 5.88 Å². The summed E-state index contributed by atoms with van der Waals surface area (Å²) >= 11 is 0. The van der Waals surface area contributed by atoms with E-state index >= 15 is 0 Å². The van der Waals surface area contributed by atoms with E-state index in [-0.39, 0.29) is 6.61 Å². The van der Waals surface area contributed by atoms with Gasteiger partial charge < -0.3 is 15.0 Å². The molecule has 3 aromatic rings. The first kappa shape index (κ1) is 18.1. The van der Waals surface area contributed by atoms with E-state index in [1.807, 2.05) is 0 Å². The number of nitrogens with zero attached hydrogens (tertiary/aromatic N) is 3. The van der Waals surface area contributed by atoms with Gasteiger partial charge in [-0.15, -0.1) is 0 Å². The molecule has 0 bridgehead atoms. The first-order valence-corrected chi connectivity index (χ1v) is 9.01. The zero-order chi connectivity index (χ0) is 19.7. The fraction of sp³-hybridized carbons (Fsp3) is 0.300. The van der Waals surface area contributed by atoms with Crippen LogP contribution in [0.2, 0.25) is 0 Å². The van der Waals surface area contributed by atoms with E-state index in [1.165, 1.54) is 12.1 Å². The minimum Gasteiger partial charge on any atom is -0.473 e. The standard InChI is InChI=1S/C20H19FN4O3/c1-11-15(19(25-28-11)16-6-4-13(21)9-23-16)10-27-18-7-5-14(20(22)26)17(24-18)8-12-2-3-12/h4-7,9,12H,2-3,8,10H2,1H3,(H2,22,26). The van der Waals surface area contributed by atoms with Crippen molar-refractivity contribution in [3.05, 3.63) is 58.9 Å². The smallest absolute Gasteiger partial charge is 0.250 e. The van der Waals surface area contributed by atoms with Crippen molar-refractivity contribution in [3.8, 4) is 17.3 Å². The Morgan fingerprint density at radius 3 is 2.82 bits per heavy atom. The van der Waals surface area contributed by atoms with Gasteiger partial charge in [0.2, 0.25) is 5.88 Å². The number of carbonyl (C=O) groups excluding carboxylic acids is 1. The van der Waals surface area contributed by atoms with Crippen LogP contribution >= 0.6 is 0 Å². The Morgan fingerprint density at radius 1 is 1.32 bits per heavy atom. The van der Waals surface area contributed by atoms with Crippen molar-refractivity contribution in [2.45, 2.75) is 32.8 Å². The molecule has 0 unspecified atom stereocenters. The predicted octanol–water partition coefficient (Wildman–Crippen LogP) is 3.21. The third-order valence-electron chi connectivity index (χ3n) is 4.71. The number of carbonyl (C=O) groups is 1. The molecule has 1 fully saturated rings. The Kier molecular flexibility index (Phi) is 4.77. The molecule has 3 aromatic heterocycles. The second-order valence-corrected chi connectivity index (χ2v) is 6.87. The van der Waals surface area contributed by atoms with Crippen LogP contribution in [-0.4, -0.2) is 21.0 Å². The maximum Gasteiger partial charge on any atom is 0.250 e. The van der Waals surface area contributed by atoms with E-state index < -0.39 is 11.7 Å². The van der Waals surface area contributed by atoms with Crippen LogP contribution in [0, 0.1) is 18.7 Å². The number of pyridine rings is 2. The van der Waals surface area contributed by atoms with Gasteiger partial charge in [-0.05, 0) is 50.3 Å². The number of nitrogens with two attached hydrogens (primary N) is 1. The molecule has 0 aliphatic heterocycles. The van der Waals surface area contributed by atoms with E-state index in [4.69, 9.17) is 15.0 Å². The van der Waals surface area contributed by atoms with E-state index in [1.54, 1.807) is 19.1 Å². The van der Waals surface area contributed by atoms with Gasteiger partial charge in [-0.25, -0.2) is 9.37 Å². The number of aromatic nitrogens is 3. The highest BCUT2D eigenvalue weighted by Gasteiger charge is 2.25. The molecule has 2 N–H and O–H groups in total. The summed E-state index contributed by atoms with van der Waals surface area (Å²) < 4.78 is 24.2. The van der Waals surface area contributed by atoms with Gasteiger partial charge in [0.1, 0.15) is 23.9 Å². The van der Waals surface area contributed by atoms with Crippen LogP contribution in [0.1, 0.15) is 40.2 Å². The van der Waals surface area contributed by atoms with Crippen LogP contribution in [-0.2, 0) is 13.0 Å². The van der Waals surface area contributed by atoms with E-state index in [9.17, 15) is 9.18 Å². The number of primary amides is 1. The quantitative estimate of drug-likeness (QED) is 0.673. The van der Waals surface area contributed by atoms with E-state index in [0.29, 0.717) is 52.2 Å². The van der Waals surface area contributed by atoms with E-state index in [0.717, 1.165) is 19.0 Å². The fourth-order valence-electron chi connectivity index (χ4n) is 2.96. The molecule has 1 aliphatic rings. The third-order valence-corrected chi connectivity index (χ3v) is 4.71. The molecule has 0 aromatic carbocycles. The number of halogens is 1. The van der Waals surface area contributed by atoms with Gasteiger partial charge in [0.25, 0.3) is 5.91 Å². The first-order valence-electron chi connectivity index (χ1n) is 9.01. The molecule has 1 saturated carbocycles. The van der Waals surface area contributed by atoms with Crippen LogP contribution in [0.3, 0.4) is 0 Å². The molecule has 8 heteroatoms. The summed E-state index contributed by atoms with van der Waals surface area (Å²) in [4.78, 5) is 20.2. The summed E-state index contributed by atoms with van der Waals surface area (Å²) in [6, 6.07) is 6.11. The molecule has 0 radical (unpaired) electrons. The summed E-state index contributed by atoms with van der Waals surface area (Å²) in [5.41, 5.74) is 8.22. The second kappa shape index (κ2) is 7.38. The molecule has 3 heterocycles. The zero-order valence-electron chi connectivity index (χ0n) is 15.3. The molecule has 4 rings (SSSR count). The predicted molar refractivity (Wildman–Crippen MR) is 97.9 cm³/mol. The molecule has 1 aliphatic carbocycles. The molecule has 0 saturated heterocycles. The lowest BCUT2D eigenvalue weighted by atomic mass is 10.1. The fourth-order valence-corrected chi connectivity index (χ4v) is 2.96. The van der Waals surface area contributed by atoms with Crippen LogP contribution in [0.4, 0.5) is 4.39 Å². The Bertz CT molecular complexity index is 1010. The second-order valence-electron chi connectivity index (χ2n) is 6.87. The molecule has 1 amide bonds. The minimum atomic E-state index is -0.491. The van der Waals surface area contributed by atoms with Crippen molar-refractivity contribution in [1.29, 1.82) is 0 Å². The summed E-state index contributed by atoms with van der Waals surface area (Å²) in [7, 11) is 0. The Labute approximate surface area is 160 Å². The van der Waals surface area contributed by atoms with Gasteiger partial charge in [-0.2, -0.15) is 0 Å². The van der Waals surface area contributed by atoms with Gasteiger partial charge in [-0.1, -0.05) is 5.16 Å². The number of hydrogen-bond acceptors (Lipinski definition) is 6. The first-order chi connectivity index (χ1) is 13.5. The van der Waals surface area contributed by atoms with Crippen molar-refractivity contribution >= 4 is 5.91 Å². The van der Waals surface area contributed by atoms with Crippen molar-refractivity contribution in [1.82, 2.24) is 15.1 Å². The minimum absolute atomic E-state index is 0.148. The van der Waals surface area contributed by atoms with Crippen LogP contribution in [0.15, 0.2) is 35.0 Å². The van der Waals surface area contributed by atoms with Crippen molar-refractivity contribution in [3.63, 3.8) is 0 Å². The van der Waals surface area contributed by atoms with E-state index in [2.05, 4.69) is 15.1 Å². The topological polar surface area (TPSA) is 104 Å². The molecule has 0 spiro atoms. The Balaban J connectivity index is 1.55. The lowest BCUT2D eigenvalue weighted by Crippen LogP contribution is -2.15. The average molecular weight is 382 g/mol. The number of aryl methyl sites for hydroxylation is 1. The highest BCUT2D eigenvalue weighted by atomic mass is 19.1. The van der Waals surface area contributed by atoms with Gasteiger partial charge in [0.05, 0.1) is 28.7 Å². The van der Waals surface area contributed by atoms with Crippen LogP contribution in [0.25, 0.3) is 11.4 Å². The lowest BCUT2D eigenvalue weighted by Gasteiger charge is -2.10. The number of amides is 1. The van der Waals surface area contributed by atoms with Crippen molar-refractivity contribution in [2.24, 2.45) is 11.7 Å². The summed E-state index contributed by atoms with van der Waals surface area (Å²) in [5.74, 6) is 0.600. The van der Waals surface area contributed by atoms with Gasteiger partial charge in [0.15, 0.2) is 0 Å². The maximum absolute atomic E-state index is 13.1. The van der Waals surface area contributed by atoms with Gasteiger partial charge >= 0.3 is 0 Å². The largest absolute Gasteiger partial charge is 0.473 e. The Morgan fingerprint density at radius 2 is 2.14 bits per heavy atom. The van der Waals surface area contributed by atoms with Gasteiger partial charge in [-0.3, -0.25) is 9.78 Å². The average Bonchev–Trinajstić information content (AvgIpc) is 3.41. The normalized spacial score (nSPS) is 13.5. The lowest BCUT2D eigenvalue weighted by molar-refractivity contribution is 0.0998. The highest BCUT2D eigenvalue weighted by Crippen LogP contribution is 2.33. The number of ether oxygens (including phenoxy) is 1. The number of hydrogen-bond donors (Lipinski definition) is 1. The summed E-state index contributed by atoms with van der Waals surface area (Å²) in [6.07, 6.45) is 4.11. The molecule has 0 atom stereocenters. The maximum atomic E-state index is 13.1. The summed E-state index contributed by atoms with van der Waals surface area (Å²) in [6.45, 7) is 1.91. The molecular formula is C20H19FN4O3. The molecule has 7 nitrogen and oxygen atoms in total. The van der Waals surface area contributed by atoms with Gasteiger partial charge in [0, 0.05) is 6.07 Å². The molecule has 144 valence electrons. The molecular weight excluding hydrogens is 363 g/mol. The SMILES string of the molecule is Cc1onc(-c2ccc(F)cn2)c1COc1ccc(C(N)=O)c(CC2CC2)n1. The number of rotatable bonds is 7. The monoisotopic (exact) mass is 382 g/mol. The third kappa shape index (κ3) is 3.85. The summed E-state index contributed by atoms with van der Waals surface area (Å²) in [5, 5.41) is 4.01. The van der Waals surface area contributed by atoms with Crippen LogP contribution < -0.4 is 10.5 Å². The molecule has 28 heavy (non-hydrogen) atoms.